The van der Waals surface area contributed by atoms with E-state index in [1.165, 1.54) is 12.1 Å². The van der Waals surface area contributed by atoms with Crippen LogP contribution in [0.15, 0.2) is 30.3 Å². The van der Waals surface area contributed by atoms with Gasteiger partial charge in [-0.25, -0.2) is 4.79 Å². The Hall–Kier alpha value is -2.15. The molecule has 1 aliphatic rings. The van der Waals surface area contributed by atoms with Crippen LogP contribution in [-0.4, -0.2) is 31.7 Å². The highest BCUT2D eigenvalue weighted by Crippen LogP contribution is 2.38. The van der Waals surface area contributed by atoms with Crippen molar-refractivity contribution in [2.24, 2.45) is 0 Å². The first-order chi connectivity index (χ1) is 13.0. The molecule has 1 heterocycles. The van der Waals surface area contributed by atoms with Crippen molar-refractivity contribution >= 4 is 52.4 Å². The quantitative estimate of drug-likeness (QED) is 0.717. The number of benzene rings is 2. The molecule has 1 amide bonds. The molecule has 0 saturated carbocycles. The fraction of sp³-hybridized carbons (Fsp3) is 0.222. The average molecular weight is 431 g/mol. The number of hydrogen-bond donors (Lipinski definition) is 1. The Morgan fingerprint density at radius 3 is 2.67 bits per heavy atom. The Kier molecular flexibility index (Phi) is 6.31. The molecular weight excluding hydrogens is 417 g/mol. The van der Waals surface area contributed by atoms with Gasteiger partial charge >= 0.3 is 5.97 Å². The molecule has 27 heavy (non-hydrogen) atoms. The summed E-state index contributed by atoms with van der Waals surface area (Å²) in [7, 11) is 0. The minimum atomic E-state index is -0.722. The molecule has 2 aromatic carbocycles. The van der Waals surface area contributed by atoms with Crippen LogP contribution in [0.2, 0.25) is 15.1 Å². The van der Waals surface area contributed by atoms with Crippen molar-refractivity contribution in [1.82, 2.24) is 0 Å². The van der Waals surface area contributed by atoms with Crippen LogP contribution in [0.4, 0.5) is 5.69 Å². The normalized spacial score (nSPS) is 12.9. The predicted octanol–water partition coefficient (Wildman–Crippen LogP) is 4.60. The van der Waals surface area contributed by atoms with Gasteiger partial charge in [0, 0.05) is 6.42 Å². The van der Waals surface area contributed by atoms with Crippen LogP contribution < -0.4 is 14.8 Å². The van der Waals surface area contributed by atoms with E-state index in [1.54, 1.807) is 18.2 Å². The summed E-state index contributed by atoms with van der Waals surface area (Å²) in [5.74, 6) is -0.533. The van der Waals surface area contributed by atoms with E-state index in [2.05, 4.69) is 5.32 Å². The van der Waals surface area contributed by atoms with E-state index in [0.717, 1.165) is 0 Å². The number of nitrogens with one attached hydrogen (secondary N) is 1. The SMILES string of the molecule is O=C(COC(=O)c1cc(Cl)c2c(c1)OCCCO2)Nc1cccc(Cl)c1Cl. The number of halogens is 3. The lowest BCUT2D eigenvalue weighted by atomic mass is 10.2. The maximum atomic E-state index is 12.2. The number of hydrogen-bond acceptors (Lipinski definition) is 5. The van der Waals surface area contributed by atoms with Gasteiger partial charge < -0.3 is 19.5 Å². The minimum absolute atomic E-state index is 0.151. The van der Waals surface area contributed by atoms with Crippen molar-refractivity contribution in [2.75, 3.05) is 25.1 Å². The van der Waals surface area contributed by atoms with Crippen LogP contribution in [0.1, 0.15) is 16.8 Å². The molecule has 0 radical (unpaired) electrons. The standard InChI is InChI=1S/C18H14Cl3NO5/c19-11-3-1-4-13(16(11)21)22-15(23)9-27-18(24)10-7-12(20)17-14(8-10)25-5-2-6-26-17/h1,3-4,7-8H,2,5-6,9H2,(H,22,23). The van der Waals surface area contributed by atoms with Gasteiger partial charge in [-0.05, 0) is 24.3 Å². The highest BCUT2D eigenvalue weighted by atomic mass is 35.5. The molecule has 6 nitrogen and oxygen atoms in total. The zero-order valence-corrected chi connectivity index (χ0v) is 16.2. The van der Waals surface area contributed by atoms with Crippen molar-refractivity contribution in [3.63, 3.8) is 0 Å². The van der Waals surface area contributed by atoms with Gasteiger partial charge in [0.1, 0.15) is 0 Å². The summed E-state index contributed by atoms with van der Waals surface area (Å²) in [5, 5.41) is 3.26. The maximum Gasteiger partial charge on any atom is 0.338 e. The second-order valence-corrected chi connectivity index (χ2v) is 6.75. The van der Waals surface area contributed by atoms with E-state index < -0.39 is 18.5 Å². The van der Waals surface area contributed by atoms with Crippen molar-refractivity contribution in [1.29, 1.82) is 0 Å². The molecule has 9 heteroatoms. The smallest absolute Gasteiger partial charge is 0.338 e. The molecule has 0 aromatic heterocycles. The van der Waals surface area contributed by atoms with E-state index in [-0.39, 0.29) is 15.6 Å². The molecule has 142 valence electrons. The molecule has 1 N–H and O–H groups in total. The zero-order chi connectivity index (χ0) is 19.4. The fourth-order valence-electron chi connectivity index (χ4n) is 2.35. The summed E-state index contributed by atoms with van der Waals surface area (Å²) < 4.78 is 16.1. The molecule has 0 unspecified atom stereocenters. The second kappa shape index (κ2) is 8.69. The lowest BCUT2D eigenvalue weighted by molar-refractivity contribution is -0.119. The van der Waals surface area contributed by atoms with Crippen molar-refractivity contribution in [3.8, 4) is 11.5 Å². The third kappa shape index (κ3) is 4.77. The number of rotatable bonds is 4. The summed E-state index contributed by atoms with van der Waals surface area (Å²) >= 11 is 18.0. The maximum absolute atomic E-state index is 12.2. The van der Waals surface area contributed by atoms with Crippen LogP contribution in [0, 0.1) is 0 Å². The zero-order valence-electron chi connectivity index (χ0n) is 13.9. The Labute approximate surface area is 170 Å². The molecule has 0 fully saturated rings. The molecule has 0 bridgehead atoms. The van der Waals surface area contributed by atoms with Gasteiger partial charge in [-0.1, -0.05) is 40.9 Å². The van der Waals surface area contributed by atoms with Gasteiger partial charge in [-0.3, -0.25) is 4.79 Å². The number of ether oxygens (including phenoxy) is 3. The fourth-order valence-corrected chi connectivity index (χ4v) is 2.96. The van der Waals surface area contributed by atoms with Crippen LogP contribution in [0.25, 0.3) is 0 Å². The van der Waals surface area contributed by atoms with E-state index in [4.69, 9.17) is 49.0 Å². The van der Waals surface area contributed by atoms with Gasteiger partial charge in [0.25, 0.3) is 5.91 Å². The molecular formula is C18H14Cl3NO5. The average Bonchev–Trinajstić information content (AvgIpc) is 2.89. The minimum Gasteiger partial charge on any atom is -0.489 e. The molecule has 0 atom stereocenters. The Bertz CT molecular complexity index is 888. The van der Waals surface area contributed by atoms with Crippen LogP contribution in [-0.2, 0) is 9.53 Å². The van der Waals surface area contributed by atoms with Gasteiger partial charge in [-0.15, -0.1) is 0 Å². The molecule has 0 spiro atoms. The van der Waals surface area contributed by atoms with Gasteiger partial charge in [0.15, 0.2) is 18.1 Å². The van der Waals surface area contributed by atoms with Crippen LogP contribution in [0.5, 0.6) is 11.5 Å². The molecule has 2 aromatic rings. The topological polar surface area (TPSA) is 73.9 Å². The predicted molar refractivity (Wildman–Crippen MR) is 102 cm³/mol. The number of carbonyl (C=O) groups is 2. The number of fused-ring (bicyclic) bond motifs is 1. The molecule has 0 aliphatic carbocycles. The lowest BCUT2D eigenvalue weighted by Gasteiger charge is -2.12. The van der Waals surface area contributed by atoms with Gasteiger partial charge in [0.2, 0.25) is 0 Å². The Morgan fingerprint density at radius 1 is 1.07 bits per heavy atom. The van der Waals surface area contributed by atoms with E-state index in [9.17, 15) is 9.59 Å². The molecule has 1 aliphatic heterocycles. The summed E-state index contributed by atoms with van der Waals surface area (Å²) in [6, 6.07) is 7.68. The summed E-state index contributed by atoms with van der Waals surface area (Å²) in [6.07, 6.45) is 0.705. The Balaban J connectivity index is 1.64. The third-order valence-corrected chi connectivity index (χ3v) is 4.70. The number of amides is 1. The van der Waals surface area contributed by atoms with Crippen LogP contribution >= 0.6 is 34.8 Å². The second-order valence-electron chi connectivity index (χ2n) is 5.56. The Morgan fingerprint density at radius 2 is 1.85 bits per heavy atom. The highest BCUT2D eigenvalue weighted by molar-refractivity contribution is 6.44. The van der Waals surface area contributed by atoms with Gasteiger partial charge in [-0.2, -0.15) is 0 Å². The van der Waals surface area contributed by atoms with Crippen molar-refractivity contribution in [2.45, 2.75) is 6.42 Å². The van der Waals surface area contributed by atoms with Crippen molar-refractivity contribution in [3.05, 3.63) is 51.0 Å². The number of carbonyl (C=O) groups excluding carboxylic acids is 2. The lowest BCUT2D eigenvalue weighted by Crippen LogP contribution is -2.21. The van der Waals surface area contributed by atoms with E-state index in [0.29, 0.717) is 41.8 Å². The van der Waals surface area contributed by atoms with E-state index >= 15 is 0 Å². The first-order valence-corrected chi connectivity index (χ1v) is 9.09. The number of anilines is 1. The number of esters is 1. The third-order valence-electron chi connectivity index (χ3n) is 3.60. The molecule has 0 saturated heterocycles. The summed E-state index contributed by atoms with van der Waals surface area (Å²) in [5.41, 5.74) is 0.474. The first kappa shape index (κ1) is 19.6. The summed E-state index contributed by atoms with van der Waals surface area (Å²) in [6.45, 7) is 0.418. The first-order valence-electron chi connectivity index (χ1n) is 7.96. The monoisotopic (exact) mass is 429 g/mol. The van der Waals surface area contributed by atoms with E-state index in [1.807, 2.05) is 0 Å². The summed E-state index contributed by atoms with van der Waals surface area (Å²) in [4.78, 5) is 24.2. The van der Waals surface area contributed by atoms with Crippen LogP contribution in [0.3, 0.4) is 0 Å². The van der Waals surface area contributed by atoms with Crippen molar-refractivity contribution < 1.29 is 23.8 Å². The largest absolute Gasteiger partial charge is 0.489 e. The van der Waals surface area contributed by atoms with Gasteiger partial charge in [0.05, 0.1) is 39.5 Å². The highest BCUT2D eigenvalue weighted by Gasteiger charge is 2.20. The molecule has 3 rings (SSSR count).